The summed E-state index contributed by atoms with van der Waals surface area (Å²) < 4.78 is 7.07. The van der Waals surface area contributed by atoms with Gasteiger partial charge in [-0.25, -0.2) is 9.79 Å². The summed E-state index contributed by atoms with van der Waals surface area (Å²) in [6, 6.07) is 6.51. The van der Waals surface area contributed by atoms with E-state index in [0.717, 1.165) is 10.0 Å². The van der Waals surface area contributed by atoms with Crippen LogP contribution in [0.25, 0.3) is 6.08 Å². The summed E-state index contributed by atoms with van der Waals surface area (Å²) in [6.45, 7) is 1.84. The van der Waals surface area contributed by atoms with Crippen molar-refractivity contribution >= 4 is 79.1 Å². The van der Waals surface area contributed by atoms with Crippen molar-refractivity contribution in [3.05, 3.63) is 54.3 Å². The topological polar surface area (TPSA) is 83.1 Å². The van der Waals surface area contributed by atoms with Gasteiger partial charge in [-0.2, -0.15) is 0 Å². The van der Waals surface area contributed by atoms with Gasteiger partial charge in [-0.1, -0.05) is 6.07 Å². The van der Waals surface area contributed by atoms with Crippen molar-refractivity contribution in [1.82, 2.24) is 4.90 Å². The number of amidine groups is 1. The van der Waals surface area contributed by atoms with Crippen LogP contribution in [0.3, 0.4) is 0 Å². The minimum absolute atomic E-state index is 0.151. The fourth-order valence-corrected chi connectivity index (χ4v) is 3.86. The molecule has 2 aromatic rings. The molecule has 1 aromatic heterocycles. The standard InChI is InChI=1S/C17H12BrIN2O4S/c1-8-3-4-9(16(23)24)5-12(8)20-17-21(2)15(22)13(26-17)7-10-6-11(18)14(19)25-10/h3-7H,1-2H3,(H,23,24)/b13-7-,20-17?. The van der Waals surface area contributed by atoms with Crippen LogP contribution in [0, 0.1) is 10.7 Å². The molecule has 0 radical (unpaired) electrons. The van der Waals surface area contributed by atoms with E-state index in [0.29, 0.717) is 25.3 Å². The van der Waals surface area contributed by atoms with Crippen LogP contribution in [-0.4, -0.2) is 34.1 Å². The molecule has 6 nitrogen and oxygen atoms in total. The van der Waals surface area contributed by atoms with Crippen LogP contribution < -0.4 is 0 Å². The van der Waals surface area contributed by atoms with Gasteiger partial charge in [0.2, 0.25) is 0 Å². The average Bonchev–Trinajstić information content (AvgIpc) is 3.03. The summed E-state index contributed by atoms with van der Waals surface area (Å²) in [6.07, 6.45) is 1.67. The molecule has 2 heterocycles. The smallest absolute Gasteiger partial charge is 0.335 e. The van der Waals surface area contributed by atoms with Crippen molar-refractivity contribution in [1.29, 1.82) is 0 Å². The van der Waals surface area contributed by atoms with E-state index >= 15 is 0 Å². The molecule has 0 atom stereocenters. The second-order valence-electron chi connectivity index (χ2n) is 5.45. The first-order valence-electron chi connectivity index (χ1n) is 7.31. The van der Waals surface area contributed by atoms with E-state index in [4.69, 9.17) is 9.52 Å². The van der Waals surface area contributed by atoms with Crippen LogP contribution in [-0.2, 0) is 4.79 Å². The van der Waals surface area contributed by atoms with Crippen LogP contribution in [0.2, 0.25) is 0 Å². The molecule has 0 unspecified atom stereocenters. The number of amides is 1. The number of likely N-dealkylation sites (N-methyl/N-ethyl adjacent to an activating group) is 1. The van der Waals surface area contributed by atoms with Crippen molar-refractivity contribution in [3.8, 4) is 0 Å². The minimum atomic E-state index is -1.02. The second-order valence-corrected chi connectivity index (χ2v) is 8.29. The Morgan fingerprint density at radius 3 is 2.77 bits per heavy atom. The van der Waals surface area contributed by atoms with Gasteiger partial charge in [0.25, 0.3) is 5.91 Å². The van der Waals surface area contributed by atoms with Crippen LogP contribution >= 0.6 is 50.3 Å². The molecule has 9 heteroatoms. The lowest BCUT2D eigenvalue weighted by Gasteiger charge is -2.08. The summed E-state index contributed by atoms with van der Waals surface area (Å²) in [7, 11) is 1.63. The molecule has 0 saturated carbocycles. The Morgan fingerprint density at radius 1 is 1.42 bits per heavy atom. The highest BCUT2D eigenvalue weighted by atomic mass is 127. The molecule has 1 N–H and O–H groups in total. The SMILES string of the molecule is Cc1ccc(C(=O)O)cc1N=C1S/C(=C\c2cc(Br)c(I)o2)C(=O)N1C. The lowest BCUT2D eigenvalue weighted by molar-refractivity contribution is -0.121. The molecule has 1 saturated heterocycles. The number of nitrogens with zero attached hydrogens (tertiary/aromatic N) is 2. The highest BCUT2D eigenvalue weighted by Gasteiger charge is 2.31. The van der Waals surface area contributed by atoms with Crippen molar-refractivity contribution < 1.29 is 19.1 Å². The van der Waals surface area contributed by atoms with Gasteiger partial charge in [0.1, 0.15) is 5.76 Å². The van der Waals surface area contributed by atoms with Gasteiger partial charge in [-0.05, 0) is 58.4 Å². The van der Waals surface area contributed by atoms with Gasteiger partial charge in [0.15, 0.2) is 8.93 Å². The fourth-order valence-electron chi connectivity index (χ4n) is 2.18. The Bertz CT molecular complexity index is 964. The van der Waals surface area contributed by atoms with E-state index in [-0.39, 0.29) is 11.5 Å². The number of aryl methyl sites for hydroxylation is 1. The number of furan rings is 1. The highest BCUT2D eigenvalue weighted by molar-refractivity contribution is 14.1. The zero-order valence-electron chi connectivity index (χ0n) is 13.6. The maximum atomic E-state index is 12.5. The van der Waals surface area contributed by atoms with Crippen molar-refractivity contribution in [3.63, 3.8) is 0 Å². The molecular formula is C17H12BrIN2O4S. The lowest BCUT2D eigenvalue weighted by atomic mass is 10.1. The number of aromatic carboxylic acids is 1. The Kier molecular flexibility index (Phi) is 5.58. The molecule has 134 valence electrons. The number of carboxylic acids is 1. The Hall–Kier alpha value is -1.59. The Labute approximate surface area is 175 Å². The van der Waals surface area contributed by atoms with E-state index < -0.39 is 5.97 Å². The fraction of sp³-hybridized carbons (Fsp3) is 0.118. The number of carbonyl (C=O) groups excluding carboxylic acids is 1. The number of carboxylic acid groups (broad SMARTS) is 1. The average molecular weight is 547 g/mol. The number of hydrogen-bond acceptors (Lipinski definition) is 5. The van der Waals surface area contributed by atoms with Crippen molar-refractivity contribution in [2.75, 3.05) is 7.05 Å². The Morgan fingerprint density at radius 2 is 2.15 bits per heavy atom. The second kappa shape index (κ2) is 7.57. The van der Waals surface area contributed by atoms with Crippen LogP contribution in [0.5, 0.6) is 0 Å². The van der Waals surface area contributed by atoms with Crippen LogP contribution in [0.4, 0.5) is 5.69 Å². The molecule has 0 spiro atoms. The Balaban J connectivity index is 1.95. The van der Waals surface area contributed by atoms with Crippen molar-refractivity contribution in [2.24, 2.45) is 4.99 Å². The predicted molar refractivity (Wildman–Crippen MR) is 113 cm³/mol. The third-order valence-corrected chi connectivity index (χ3v) is 6.81. The van der Waals surface area contributed by atoms with Gasteiger partial charge in [-0.15, -0.1) is 0 Å². The quantitative estimate of drug-likeness (QED) is 0.438. The van der Waals surface area contributed by atoms with Gasteiger partial charge in [0.05, 0.1) is 20.6 Å². The number of rotatable bonds is 3. The molecule has 3 rings (SSSR count). The third kappa shape index (κ3) is 3.89. The maximum absolute atomic E-state index is 12.5. The number of benzene rings is 1. The molecule has 0 aliphatic carbocycles. The first-order valence-corrected chi connectivity index (χ1v) is 10.00. The molecule has 0 bridgehead atoms. The summed E-state index contributed by atoms with van der Waals surface area (Å²) >= 11 is 6.64. The number of carbonyl (C=O) groups is 2. The number of aliphatic imine (C=N–C) groups is 1. The monoisotopic (exact) mass is 546 g/mol. The molecule has 1 fully saturated rings. The number of halogens is 2. The maximum Gasteiger partial charge on any atom is 0.335 e. The molecule has 1 aromatic carbocycles. The lowest BCUT2D eigenvalue weighted by Crippen LogP contribution is -2.23. The zero-order valence-corrected chi connectivity index (χ0v) is 18.2. The first kappa shape index (κ1) is 19.2. The number of thioether (sulfide) groups is 1. The highest BCUT2D eigenvalue weighted by Crippen LogP contribution is 2.35. The summed E-state index contributed by atoms with van der Waals surface area (Å²) in [5.41, 5.74) is 1.49. The van der Waals surface area contributed by atoms with E-state index in [2.05, 4.69) is 43.5 Å². The number of hydrogen-bond donors (Lipinski definition) is 1. The largest absolute Gasteiger partial charge is 0.478 e. The van der Waals surface area contributed by atoms with Gasteiger partial charge >= 0.3 is 5.97 Å². The molecular weight excluding hydrogens is 535 g/mol. The minimum Gasteiger partial charge on any atom is -0.478 e. The van der Waals surface area contributed by atoms with E-state index in [1.165, 1.54) is 28.8 Å². The van der Waals surface area contributed by atoms with E-state index in [1.807, 2.05) is 6.92 Å². The van der Waals surface area contributed by atoms with E-state index in [9.17, 15) is 9.59 Å². The van der Waals surface area contributed by atoms with Gasteiger partial charge in [0, 0.05) is 35.7 Å². The van der Waals surface area contributed by atoms with E-state index in [1.54, 1.807) is 25.3 Å². The zero-order chi connectivity index (χ0) is 19.0. The summed E-state index contributed by atoms with van der Waals surface area (Å²) in [5.74, 6) is -0.646. The molecule has 1 aliphatic rings. The van der Waals surface area contributed by atoms with Crippen molar-refractivity contribution in [2.45, 2.75) is 6.92 Å². The summed E-state index contributed by atoms with van der Waals surface area (Å²) in [4.78, 5) is 30.0. The van der Waals surface area contributed by atoms with Crippen LogP contribution in [0.15, 0.2) is 43.1 Å². The first-order chi connectivity index (χ1) is 12.3. The van der Waals surface area contributed by atoms with Gasteiger partial charge in [-0.3, -0.25) is 9.69 Å². The van der Waals surface area contributed by atoms with Crippen LogP contribution in [0.1, 0.15) is 21.7 Å². The molecule has 26 heavy (non-hydrogen) atoms. The predicted octanol–water partition coefficient (Wildman–Crippen LogP) is 4.89. The normalized spacial score (nSPS) is 17.5. The third-order valence-electron chi connectivity index (χ3n) is 3.61. The van der Waals surface area contributed by atoms with Gasteiger partial charge < -0.3 is 9.52 Å². The summed E-state index contributed by atoms with van der Waals surface area (Å²) in [5, 5.41) is 9.62. The molecule has 1 aliphatic heterocycles. The molecule has 1 amide bonds.